The molecule has 1 N–H and O–H groups in total. The summed E-state index contributed by atoms with van der Waals surface area (Å²) in [4.78, 5) is 26.4. The lowest BCUT2D eigenvalue weighted by Crippen LogP contribution is -2.38. The molecule has 8 nitrogen and oxygen atoms in total. The molecule has 2 aromatic rings. The summed E-state index contributed by atoms with van der Waals surface area (Å²) in [5, 5.41) is 11.4. The predicted molar refractivity (Wildman–Crippen MR) is 106 cm³/mol. The van der Waals surface area contributed by atoms with Gasteiger partial charge < -0.3 is 14.8 Å². The number of hydrogen-bond acceptors (Lipinski definition) is 4. The smallest absolute Gasteiger partial charge is 0.276 e. The second-order valence-electron chi connectivity index (χ2n) is 7.50. The summed E-state index contributed by atoms with van der Waals surface area (Å²) in [6, 6.07) is 2.40. The fraction of sp³-hybridized carbons (Fsp3) is 0.600. The number of aromatic nitrogens is 4. The van der Waals surface area contributed by atoms with Crippen LogP contribution in [0.1, 0.15) is 61.6 Å². The lowest BCUT2D eigenvalue weighted by molar-refractivity contribution is -0.121. The van der Waals surface area contributed by atoms with Crippen molar-refractivity contribution in [2.45, 2.75) is 58.0 Å². The van der Waals surface area contributed by atoms with Gasteiger partial charge in [-0.2, -0.15) is 0 Å². The molecule has 0 aromatic carbocycles. The summed E-state index contributed by atoms with van der Waals surface area (Å²) in [6.07, 6.45) is 9.75. The predicted octanol–water partition coefficient (Wildman–Crippen LogP) is 1.94. The van der Waals surface area contributed by atoms with Gasteiger partial charge in [0.2, 0.25) is 5.91 Å². The third-order valence-electron chi connectivity index (χ3n) is 5.47. The van der Waals surface area contributed by atoms with Gasteiger partial charge in [0.05, 0.1) is 18.7 Å². The standard InChI is InChI=1S/C20H30N6O2/c1-4-25(5-2)20(28)18-14-26(23-22-18)17-8-6-16(7-9-17)21-19(27)12-15-10-11-24(3)13-15/h10-11,13-14,16-17H,4-9,12H2,1-3H3,(H,21,27). The molecule has 1 saturated carbocycles. The first-order valence-electron chi connectivity index (χ1n) is 10.1. The Morgan fingerprint density at radius 3 is 2.50 bits per heavy atom. The van der Waals surface area contributed by atoms with Crippen molar-refractivity contribution in [2.24, 2.45) is 7.05 Å². The highest BCUT2D eigenvalue weighted by molar-refractivity contribution is 5.91. The summed E-state index contributed by atoms with van der Waals surface area (Å²) in [5.74, 6) is 0.000577. The quantitative estimate of drug-likeness (QED) is 0.788. The van der Waals surface area contributed by atoms with Crippen LogP contribution < -0.4 is 5.32 Å². The van der Waals surface area contributed by atoms with Crippen LogP contribution in [0.15, 0.2) is 24.7 Å². The van der Waals surface area contributed by atoms with Crippen molar-refractivity contribution in [3.8, 4) is 0 Å². The Labute approximate surface area is 165 Å². The van der Waals surface area contributed by atoms with Crippen molar-refractivity contribution in [1.29, 1.82) is 0 Å². The van der Waals surface area contributed by atoms with Crippen LogP contribution in [0.5, 0.6) is 0 Å². The Morgan fingerprint density at radius 1 is 1.18 bits per heavy atom. The van der Waals surface area contributed by atoms with E-state index in [1.165, 1.54) is 0 Å². The van der Waals surface area contributed by atoms with Gasteiger partial charge in [-0.3, -0.25) is 9.59 Å². The van der Waals surface area contributed by atoms with Crippen LogP contribution in [0.3, 0.4) is 0 Å². The highest BCUT2D eigenvalue weighted by atomic mass is 16.2. The van der Waals surface area contributed by atoms with Crippen LogP contribution in [0.25, 0.3) is 0 Å². The van der Waals surface area contributed by atoms with E-state index in [4.69, 9.17) is 0 Å². The summed E-state index contributed by atoms with van der Waals surface area (Å²) in [6.45, 7) is 5.24. The number of carbonyl (C=O) groups is 2. The molecule has 1 aliphatic carbocycles. The second kappa shape index (κ2) is 9.03. The van der Waals surface area contributed by atoms with Crippen LogP contribution in [0, 0.1) is 0 Å². The molecule has 2 aromatic heterocycles. The fourth-order valence-electron chi connectivity index (χ4n) is 3.84. The van der Waals surface area contributed by atoms with Crippen molar-refractivity contribution in [2.75, 3.05) is 13.1 Å². The van der Waals surface area contributed by atoms with Gasteiger partial charge in [-0.05, 0) is 51.2 Å². The van der Waals surface area contributed by atoms with E-state index < -0.39 is 0 Å². The topological polar surface area (TPSA) is 85.0 Å². The molecule has 1 fully saturated rings. The van der Waals surface area contributed by atoms with Crippen molar-refractivity contribution in [3.05, 3.63) is 35.9 Å². The van der Waals surface area contributed by atoms with Crippen LogP contribution in [-0.4, -0.2) is 55.4 Å². The van der Waals surface area contributed by atoms with Crippen molar-refractivity contribution < 1.29 is 9.59 Å². The number of rotatable bonds is 7. The monoisotopic (exact) mass is 386 g/mol. The van der Waals surface area contributed by atoms with Gasteiger partial charge in [-0.1, -0.05) is 5.21 Å². The van der Waals surface area contributed by atoms with Crippen molar-refractivity contribution in [1.82, 2.24) is 29.8 Å². The van der Waals surface area contributed by atoms with E-state index in [9.17, 15) is 9.59 Å². The summed E-state index contributed by atoms with van der Waals surface area (Å²) >= 11 is 0. The van der Waals surface area contributed by atoms with E-state index >= 15 is 0 Å². The molecule has 2 amide bonds. The van der Waals surface area contributed by atoms with Gasteiger partial charge in [-0.15, -0.1) is 5.10 Å². The average Bonchev–Trinajstić information content (AvgIpc) is 3.32. The van der Waals surface area contributed by atoms with E-state index in [1.54, 1.807) is 11.1 Å². The number of hydrogen-bond donors (Lipinski definition) is 1. The van der Waals surface area contributed by atoms with Crippen LogP contribution >= 0.6 is 0 Å². The first kappa shape index (κ1) is 20.1. The lowest BCUT2D eigenvalue weighted by atomic mass is 9.91. The fourth-order valence-corrected chi connectivity index (χ4v) is 3.84. The van der Waals surface area contributed by atoms with Crippen LogP contribution in [0.2, 0.25) is 0 Å². The molecule has 0 unspecified atom stereocenters. The molecular formula is C20H30N6O2. The van der Waals surface area contributed by atoms with E-state index in [-0.39, 0.29) is 23.9 Å². The van der Waals surface area contributed by atoms with Gasteiger partial charge in [0.25, 0.3) is 5.91 Å². The largest absolute Gasteiger partial charge is 0.357 e. The number of nitrogens with zero attached hydrogens (tertiary/aromatic N) is 5. The van der Waals surface area contributed by atoms with Gasteiger partial charge in [0.15, 0.2) is 5.69 Å². The molecule has 0 radical (unpaired) electrons. The Balaban J connectivity index is 1.49. The Kier molecular flexibility index (Phi) is 6.49. The summed E-state index contributed by atoms with van der Waals surface area (Å²) in [5.41, 5.74) is 1.43. The normalized spacial score (nSPS) is 19.4. The molecule has 28 heavy (non-hydrogen) atoms. The van der Waals surface area contributed by atoms with E-state index in [0.29, 0.717) is 25.2 Å². The number of carbonyl (C=O) groups excluding carboxylic acids is 2. The van der Waals surface area contributed by atoms with Gasteiger partial charge in [0.1, 0.15) is 0 Å². The highest BCUT2D eigenvalue weighted by Crippen LogP contribution is 2.28. The molecular weight excluding hydrogens is 356 g/mol. The molecule has 2 heterocycles. The Bertz CT molecular complexity index is 799. The maximum absolute atomic E-state index is 12.4. The van der Waals surface area contributed by atoms with Crippen molar-refractivity contribution in [3.63, 3.8) is 0 Å². The molecule has 3 rings (SSSR count). The number of nitrogens with one attached hydrogen (secondary N) is 1. The van der Waals surface area contributed by atoms with Gasteiger partial charge in [-0.25, -0.2) is 4.68 Å². The third kappa shape index (κ3) is 4.79. The zero-order valence-corrected chi connectivity index (χ0v) is 17.0. The maximum atomic E-state index is 12.4. The molecule has 8 heteroatoms. The SMILES string of the molecule is CCN(CC)C(=O)c1cn(C2CCC(NC(=O)Cc3ccn(C)c3)CC2)nn1. The van der Waals surface area contributed by atoms with Crippen LogP contribution in [-0.2, 0) is 18.3 Å². The molecule has 0 saturated heterocycles. The van der Waals surface area contributed by atoms with E-state index in [0.717, 1.165) is 31.2 Å². The zero-order valence-electron chi connectivity index (χ0n) is 17.0. The lowest BCUT2D eigenvalue weighted by Gasteiger charge is -2.29. The van der Waals surface area contributed by atoms with Gasteiger partial charge >= 0.3 is 0 Å². The Morgan fingerprint density at radius 2 is 1.89 bits per heavy atom. The minimum atomic E-state index is -0.0712. The van der Waals surface area contributed by atoms with Gasteiger partial charge in [0, 0.05) is 38.6 Å². The van der Waals surface area contributed by atoms with E-state index in [2.05, 4.69) is 15.6 Å². The first-order chi connectivity index (χ1) is 13.5. The minimum absolute atomic E-state index is 0.0712. The maximum Gasteiger partial charge on any atom is 0.276 e. The first-order valence-corrected chi connectivity index (χ1v) is 10.1. The van der Waals surface area contributed by atoms with E-state index in [1.807, 2.05) is 48.6 Å². The average molecular weight is 387 g/mol. The second-order valence-corrected chi connectivity index (χ2v) is 7.50. The third-order valence-corrected chi connectivity index (χ3v) is 5.47. The number of aryl methyl sites for hydroxylation is 1. The highest BCUT2D eigenvalue weighted by Gasteiger charge is 2.25. The zero-order chi connectivity index (χ0) is 20.1. The molecule has 152 valence electrons. The molecule has 0 spiro atoms. The number of amides is 2. The summed E-state index contributed by atoms with van der Waals surface area (Å²) < 4.78 is 3.77. The molecule has 0 atom stereocenters. The van der Waals surface area contributed by atoms with Crippen molar-refractivity contribution >= 4 is 11.8 Å². The Hall–Kier alpha value is -2.64. The molecule has 1 aliphatic rings. The summed E-state index contributed by atoms with van der Waals surface area (Å²) in [7, 11) is 1.95. The molecule has 0 bridgehead atoms. The minimum Gasteiger partial charge on any atom is -0.357 e. The molecule has 0 aliphatic heterocycles. The van der Waals surface area contributed by atoms with Crippen LogP contribution in [0.4, 0.5) is 0 Å².